The molecule has 0 atom stereocenters. The summed E-state index contributed by atoms with van der Waals surface area (Å²) >= 11 is 0. The Morgan fingerprint density at radius 1 is 0.968 bits per heavy atom. The third-order valence-electron chi connectivity index (χ3n) is 5.44. The summed E-state index contributed by atoms with van der Waals surface area (Å²) in [6, 6.07) is 12.7. The smallest absolute Gasteiger partial charge is 0.317 e. The van der Waals surface area contributed by atoms with Gasteiger partial charge in [-0.25, -0.2) is 13.2 Å². The SMILES string of the molecule is Cc1ccc(S(=O)(=O)N2CCN(C(=O)NCCCOc3c(C)cccc3C)CC2)cc1. The van der Waals surface area contributed by atoms with E-state index in [0.29, 0.717) is 50.6 Å². The van der Waals surface area contributed by atoms with E-state index in [9.17, 15) is 13.2 Å². The van der Waals surface area contributed by atoms with Crippen LogP contribution in [0.5, 0.6) is 5.75 Å². The van der Waals surface area contributed by atoms with Gasteiger partial charge >= 0.3 is 6.03 Å². The fourth-order valence-corrected chi connectivity index (χ4v) is 4.99. The van der Waals surface area contributed by atoms with Crippen LogP contribution in [0.1, 0.15) is 23.1 Å². The van der Waals surface area contributed by atoms with Crippen LogP contribution in [0.15, 0.2) is 47.4 Å². The molecule has 1 saturated heterocycles. The number of urea groups is 1. The maximum absolute atomic E-state index is 12.8. The Morgan fingerprint density at radius 3 is 2.19 bits per heavy atom. The highest BCUT2D eigenvalue weighted by molar-refractivity contribution is 7.89. The van der Waals surface area contributed by atoms with Crippen LogP contribution < -0.4 is 10.1 Å². The summed E-state index contributed by atoms with van der Waals surface area (Å²) in [6.45, 7) is 8.31. The molecule has 0 spiro atoms. The number of carbonyl (C=O) groups excluding carboxylic acids is 1. The van der Waals surface area contributed by atoms with E-state index in [1.165, 1.54) is 4.31 Å². The topological polar surface area (TPSA) is 79.0 Å². The molecule has 2 amide bonds. The molecule has 1 N–H and O–H groups in total. The standard InChI is InChI=1S/C23H31N3O4S/c1-18-8-10-21(11-9-18)31(28,29)26-15-13-25(14-16-26)23(27)24-12-5-17-30-22-19(2)6-4-7-20(22)3/h4,6-11H,5,12-17H2,1-3H3,(H,24,27). The first-order valence-corrected chi connectivity index (χ1v) is 12.0. The number of rotatable bonds is 7. The predicted octanol–water partition coefficient (Wildman–Crippen LogP) is 3.10. The number of amides is 2. The van der Waals surface area contributed by atoms with Gasteiger partial charge in [0, 0.05) is 32.7 Å². The monoisotopic (exact) mass is 445 g/mol. The maximum Gasteiger partial charge on any atom is 0.317 e. The molecule has 0 bridgehead atoms. The summed E-state index contributed by atoms with van der Waals surface area (Å²) < 4.78 is 32.9. The molecule has 1 aliphatic heterocycles. The van der Waals surface area contributed by atoms with Gasteiger partial charge in [0.1, 0.15) is 5.75 Å². The van der Waals surface area contributed by atoms with Crippen molar-refractivity contribution in [2.24, 2.45) is 0 Å². The molecular weight excluding hydrogens is 414 g/mol. The van der Waals surface area contributed by atoms with Gasteiger partial charge in [-0.3, -0.25) is 0 Å². The highest BCUT2D eigenvalue weighted by Gasteiger charge is 2.29. The lowest BCUT2D eigenvalue weighted by molar-refractivity contribution is 0.171. The third-order valence-corrected chi connectivity index (χ3v) is 7.35. The molecule has 0 aliphatic carbocycles. The molecule has 2 aromatic carbocycles. The summed E-state index contributed by atoms with van der Waals surface area (Å²) in [5.41, 5.74) is 3.21. The second kappa shape index (κ2) is 10.2. The normalized spacial score (nSPS) is 15.0. The Balaban J connectivity index is 1.40. The van der Waals surface area contributed by atoms with Gasteiger partial charge in [0.25, 0.3) is 0 Å². The Morgan fingerprint density at radius 2 is 1.58 bits per heavy atom. The molecule has 7 nitrogen and oxygen atoms in total. The van der Waals surface area contributed by atoms with Crippen molar-refractivity contribution in [3.8, 4) is 5.75 Å². The fourth-order valence-electron chi connectivity index (χ4n) is 3.57. The number of nitrogens with one attached hydrogen (secondary N) is 1. The number of ether oxygens (including phenoxy) is 1. The van der Waals surface area contributed by atoms with Crippen LogP contribution in [0.3, 0.4) is 0 Å². The number of benzene rings is 2. The number of para-hydroxylation sites is 1. The van der Waals surface area contributed by atoms with Crippen molar-refractivity contribution in [2.45, 2.75) is 32.1 Å². The van der Waals surface area contributed by atoms with Crippen LogP contribution in [0.25, 0.3) is 0 Å². The first-order chi connectivity index (χ1) is 14.8. The van der Waals surface area contributed by atoms with Crippen molar-refractivity contribution in [2.75, 3.05) is 39.3 Å². The Kier molecular flexibility index (Phi) is 7.56. The van der Waals surface area contributed by atoms with Gasteiger partial charge in [-0.15, -0.1) is 0 Å². The molecule has 31 heavy (non-hydrogen) atoms. The van der Waals surface area contributed by atoms with E-state index < -0.39 is 10.0 Å². The van der Waals surface area contributed by atoms with E-state index in [4.69, 9.17) is 4.74 Å². The predicted molar refractivity (Wildman–Crippen MR) is 121 cm³/mol. The summed E-state index contributed by atoms with van der Waals surface area (Å²) in [6.07, 6.45) is 0.696. The number of nitrogens with zero attached hydrogens (tertiary/aromatic N) is 2. The van der Waals surface area contributed by atoms with Crippen LogP contribution in [0.2, 0.25) is 0 Å². The molecule has 1 aliphatic rings. The third kappa shape index (κ3) is 5.77. The van der Waals surface area contributed by atoms with Gasteiger partial charge in [-0.1, -0.05) is 35.9 Å². The fraction of sp³-hybridized carbons (Fsp3) is 0.435. The van der Waals surface area contributed by atoms with Crippen molar-refractivity contribution in [3.05, 3.63) is 59.2 Å². The molecule has 1 fully saturated rings. The summed E-state index contributed by atoms with van der Waals surface area (Å²) in [5, 5.41) is 2.90. The van der Waals surface area contributed by atoms with E-state index in [0.717, 1.165) is 22.4 Å². The van der Waals surface area contributed by atoms with Crippen molar-refractivity contribution in [1.82, 2.24) is 14.5 Å². The molecule has 0 unspecified atom stereocenters. The van der Waals surface area contributed by atoms with Gasteiger partial charge in [-0.05, 0) is 50.5 Å². The van der Waals surface area contributed by atoms with E-state index in [1.54, 1.807) is 29.2 Å². The van der Waals surface area contributed by atoms with E-state index in [1.807, 2.05) is 39.0 Å². The molecule has 0 aromatic heterocycles. The summed E-state index contributed by atoms with van der Waals surface area (Å²) in [4.78, 5) is 14.4. The quantitative estimate of drug-likeness (QED) is 0.665. The summed E-state index contributed by atoms with van der Waals surface area (Å²) in [5.74, 6) is 0.903. The Labute approximate surface area is 185 Å². The highest BCUT2D eigenvalue weighted by Crippen LogP contribution is 2.22. The average molecular weight is 446 g/mol. The molecule has 168 valence electrons. The van der Waals surface area contributed by atoms with Crippen LogP contribution in [-0.4, -0.2) is 63.0 Å². The number of hydrogen-bond acceptors (Lipinski definition) is 4. The maximum atomic E-state index is 12.8. The molecular formula is C23H31N3O4S. The molecule has 2 aromatic rings. The van der Waals surface area contributed by atoms with E-state index in [-0.39, 0.29) is 6.03 Å². The lowest BCUT2D eigenvalue weighted by Crippen LogP contribution is -2.53. The molecule has 0 saturated carbocycles. The molecule has 8 heteroatoms. The zero-order chi connectivity index (χ0) is 22.4. The number of hydrogen-bond donors (Lipinski definition) is 1. The number of aryl methyl sites for hydroxylation is 3. The zero-order valence-corrected chi connectivity index (χ0v) is 19.2. The lowest BCUT2D eigenvalue weighted by Gasteiger charge is -2.34. The van der Waals surface area contributed by atoms with E-state index in [2.05, 4.69) is 5.32 Å². The van der Waals surface area contributed by atoms with Crippen molar-refractivity contribution >= 4 is 16.1 Å². The number of sulfonamides is 1. The van der Waals surface area contributed by atoms with Crippen molar-refractivity contribution in [3.63, 3.8) is 0 Å². The van der Waals surface area contributed by atoms with Gasteiger partial charge in [0.15, 0.2) is 0 Å². The lowest BCUT2D eigenvalue weighted by atomic mass is 10.1. The van der Waals surface area contributed by atoms with Gasteiger partial charge in [0.05, 0.1) is 11.5 Å². The average Bonchev–Trinajstić information content (AvgIpc) is 2.75. The second-order valence-electron chi connectivity index (χ2n) is 7.86. The summed E-state index contributed by atoms with van der Waals surface area (Å²) in [7, 11) is -3.53. The van der Waals surface area contributed by atoms with Crippen LogP contribution >= 0.6 is 0 Å². The van der Waals surface area contributed by atoms with Crippen molar-refractivity contribution < 1.29 is 17.9 Å². The first-order valence-electron chi connectivity index (χ1n) is 10.6. The minimum atomic E-state index is -3.53. The number of carbonyl (C=O) groups is 1. The van der Waals surface area contributed by atoms with Gasteiger partial charge in [-0.2, -0.15) is 4.31 Å². The largest absolute Gasteiger partial charge is 0.493 e. The molecule has 3 rings (SSSR count). The Bertz CT molecular complexity index is 978. The van der Waals surface area contributed by atoms with Crippen molar-refractivity contribution in [1.29, 1.82) is 0 Å². The van der Waals surface area contributed by atoms with Crippen LogP contribution in [0.4, 0.5) is 4.79 Å². The minimum absolute atomic E-state index is 0.167. The second-order valence-corrected chi connectivity index (χ2v) is 9.80. The van der Waals surface area contributed by atoms with Crippen LogP contribution in [0, 0.1) is 20.8 Å². The molecule has 0 radical (unpaired) electrons. The molecule has 1 heterocycles. The van der Waals surface area contributed by atoms with Gasteiger partial charge in [0.2, 0.25) is 10.0 Å². The van der Waals surface area contributed by atoms with Crippen LogP contribution in [-0.2, 0) is 10.0 Å². The minimum Gasteiger partial charge on any atom is -0.493 e. The zero-order valence-electron chi connectivity index (χ0n) is 18.4. The van der Waals surface area contributed by atoms with E-state index >= 15 is 0 Å². The van der Waals surface area contributed by atoms with Gasteiger partial charge < -0.3 is 15.0 Å². The first kappa shape index (κ1) is 23.1. The highest BCUT2D eigenvalue weighted by atomic mass is 32.2. The Hall–Kier alpha value is -2.58. The number of piperazine rings is 1.